The average molecular weight is 271 g/mol. The predicted molar refractivity (Wildman–Crippen MR) is 64.0 cm³/mol. The maximum absolute atomic E-state index is 12.8. The molecule has 0 bridgehead atoms. The molecule has 98 valence electrons. The number of carbonyl (C=O) groups is 1. The molecule has 1 fully saturated rings. The van der Waals surface area contributed by atoms with Crippen molar-refractivity contribution in [3.63, 3.8) is 0 Å². The van der Waals surface area contributed by atoms with Crippen LogP contribution in [0.5, 0.6) is 0 Å². The average Bonchev–Trinajstić information content (AvgIpc) is 2.71. The Kier molecular flexibility index (Phi) is 3.49. The lowest BCUT2D eigenvalue weighted by Gasteiger charge is -2.24. The number of benzene rings is 1. The van der Waals surface area contributed by atoms with Crippen molar-refractivity contribution in [3.05, 3.63) is 30.1 Å². The molecular formula is C12H14FNO3S. The molecule has 0 aromatic heterocycles. The van der Waals surface area contributed by atoms with Crippen molar-refractivity contribution in [1.82, 2.24) is 4.31 Å². The molecule has 2 rings (SSSR count). The summed E-state index contributed by atoms with van der Waals surface area (Å²) in [5.74, 6) is -0.490. The van der Waals surface area contributed by atoms with Crippen LogP contribution in [0.2, 0.25) is 0 Å². The summed E-state index contributed by atoms with van der Waals surface area (Å²) in [6.07, 6.45) is 1.85. The summed E-state index contributed by atoms with van der Waals surface area (Å²) in [6.45, 7) is 1.77. The Bertz CT molecular complexity index is 541. The molecule has 1 heterocycles. The molecule has 1 saturated heterocycles. The highest BCUT2D eigenvalue weighted by atomic mass is 32.2. The largest absolute Gasteiger partial charge is 0.302 e. The van der Waals surface area contributed by atoms with E-state index in [1.54, 1.807) is 6.92 Å². The normalized spacial score (nSPS) is 25.2. The van der Waals surface area contributed by atoms with Crippen LogP contribution in [0.3, 0.4) is 0 Å². The van der Waals surface area contributed by atoms with Gasteiger partial charge in [-0.2, -0.15) is 4.31 Å². The molecule has 4 nitrogen and oxygen atoms in total. The third-order valence-electron chi connectivity index (χ3n) is 3.19. The van der Waals surface area contributed by atoms with Crippen LogP contribution in [0.25, 0.3) is 0 Å². The molecule has 2 unspecified atom stereocenters. The van der Waals surface area contributed by atoms with Crippen LogP contribution in [0, 0.1) is 5.82 Å². The fourth-order valence-electron chi connectivity index (χ4n) is 2.26. The first-order chi connectivity index (χ1) is 8.46. The maximum Gasteiger partial charge on any atom is 0.243 e. The summed E-state index contributed by atoms with van der Waals surface area (Å²) < 4.78 is 38.8. The highest BCUT2D eigenvalue weighted by Crippen LogP contribution is 2.29. The predicted octanol–water partition coefficient (Wildman–Crippen LogP) is 1.57. The van der Waals surface area contributed by atoms with Gasteiger partial charge in [0.15, 0.2) is 0 Å². The van der Waals surface area contributed by atoms with Crippen LogP contribution in [0.15, 0.2) is 29.2 Å². The van der Waals surface area contributed by atoms with Crippen LogP contribution < -0.4 is 0 Å². The number of hydrogen-bond acceptors (Lipinski definition) is 3. The fourth-order valence-corrected chi connectivity index (χ4v) is 4.08. The Morgan fingerprint density at radius 3 is 2.44 bits per heavy atom. The van der Waals surface area contributed by atoms with Gasteiger partial charge in [0.1, 0.15) is 12.1 Å². The Labute approximate surface area is 105 Å². The number of aldehydes is 1. The lowest BCUT2D eigenvalue weighted by molar-refractivity contribution is -0.110. The highest BCUT2D eigenvalue weighted by molar-refractivity contribution is 7.89. The molecular weight excluding hydrogens is 257 g/mol. The van der Waals surface area contributed by atoms with Gasteiger partial charge in [-0.25, -0.2) is 12.8 Å². The summed E-state index contributed by atoms with van der Waals surface area (Å²) in [5, 5.41) is 0. The molecule has 18 heavy (non-hydrogen) atoms. The van der Waals surface area contributed by atoms with Crippen molar-refractivity contribution in [2.75, 3.05) is 0 Å². The summed E-state index contributed by atoms with van der Waals surface area (Å²) in [7, 11) is -3.73. The zero-order valence-corrected chi connectivity index (χ0v) is 10.7. The Morgan fingerprint density at radius 1 is 1.28 bits per heavy atom. The van der Waals surface area contributed by atoms with Crippen molar-refractivity contribution in [1.29, 1.82) is 0 Å². The van der Waals surface area contributed by atoms with Gasteiger partial charge in [0, 0.05) is 6.04 Å². The Hall–Kier alpha value is -1.27. The van der Waals surface area contributed by atoms with Crippen molar-refractivity contribution in [2.24, 2.45) is 0 Å². The molecule has 1 aliphatic heterocycles. The van der Waals surface area contributed by atoms with Gasteiger partial charge in [-0.3, -0.25) is 0 Å². The maximum atomic E-state index is 12.8. The van der Waals surface area contributed by atoms with E-state index in [1.807, 2.05) is 0 Å². The lowest BCUT2D eigenvalue weighted by Crippen LogP contribution is -2.40. The first-order valence-electron chi connectivity index (χ1n) is 5.71. The van der Waals surface area contributed by atoms with Crippen molar-refractivity contribution >= 4 is 16.3 Å². The molecule has 0 aliphatic carbocycles. The number of rotatable bonds is 3. The van der Waals surface area contributed by atoms with E-state index in [9.17, 15) is 17.6 Å². The first-order valence-corrected chi connectivity index (χ1v) is 7.15. The third-order valence-corrected chi connectivity index (χ3v) is 5.24. The van der Waals surface area contributed by atoms with Crippen molar-refractivity contribution < 1.29 is 17.6 Å². The summed E-state index contributed by atoms with van der Waals surface area (Å²) in [6, 6.07) is 3.81. The number of carbonyl (C=O) groups excluding carboxylic acids is 1. The fraction of sp³-hybridized carbons (Fsp3) is 0.417. The lowest BCUT2D eigenvalue weighted by atomic mass is 10.2. The van der Waals surface area contributed by atoms with E-state index in [2.05, 4.69) is 0 Å². The monoisotopic (exact) mass is 271 g/mol. The van der Waals surface area contributed by atoms with E-state index in [0.29, 0.717) is 19.1 Å². The second kappa shape index (κ2) is 4.78. The number of halogens is 1. The van der Waals surface area contributed by atoms with Gasteiger partial charge in [0.2, 0.25) is 10.0 Å². The highest BCUT2D eigenvalue weighted by Gasteiger charge is 2.39. The third kappa shape index (κ3) is 2.18. The summed E-state index contributed by atoms with van der Waals surface area (Å²) in [5.41, 5.74) is 0. The molecule has 1 aromatic rings. The Balaban J connectivity index is 2.41. The molecule has 0 spiro atoms. The molecule has 1 aromatic carbocycles. The van der Waals surface area contributed by atoms with E-state index >= 15 is 0 Å². The van der Waals surface area contributed by atoms with Crippen molar-refractivity contribution in [3.8, 4) is 0 Å². The molecule has 1 aliphatic rings. The van der Waals surface area contributed by atoms with Crippen LogP contribution in [-0.2, 0) is 14.8 Å². The molecule has 0 amide bonds. The Morgan fingerprint density at radius 2 is 1.89 bits per heavy atom. The first kappa shape index (κ1) is 13.2. The topological polar surface area (TPSA) is 54.5 Å². The molecule has 0 N–H and O–H groups in total. The van der Waals surface area contributed by atoms with Gasteiger partial charge in [-0.15, -0.1) is 0 Å². The van der Waals surface area contributed by atoms with Crippen LogP contribution in [0.1, 0.15) is 19.8 Å². The zero-order chi connectivity index (χ0) is 13.3. The second-order valence-electron chi connectivity index (χ2n) is 4.42. The van der Waals surface area contributed by atoms with E-state index in [4.69, 9.17) is 0 Å². The molecule has 0 saturated carbocycles. The minimum absolute atomic E-state index is 0.0181. The molecule has 6 heteroatoms. The summed E-state index contributed by atoms with van der Waals surface area (Å²) in [4.78, 5) is 10.9. The van der Waals surface area contributed by atoms with Gasteiger partial charge in [-0.1, -0.05) is 0 Å². The second-order valence-corrected chi connectivity index (χ2v) is 6.26. The van der Waals surface area contributed by atoms with E-state index in [1.165, 1.54) is 16.4 Å². The number of nitrogens with zero attached hydrogens (tertiary/aromatic N) is 1. The minimum Gasteiger partial charge on any atom is -0.302 e. The smallest absolute Gasteiger partial charge is 0.243 e. The number of hydrogen-bond donors (Lipinski definition) is 0. The SMILES string of the molecule is CC1CCC(C=O)N1S(=O)(=O)c1ccc(F)cc1. The van der Waals surface area contributed by atoms with Gasteiger partial charge < -0.3 is 4.79 Å². The minimum atomic E-state index is -3.73. The summed E-state index contributed by atoms with van der Waals surface area (Å²) >= 11 is 0. The van der Waals surface area contributed by atoms with Crippen molar-refractivity contribution in [2.45, 2.75) is 36.7 Å². The van der Waals surface area contributed by atoms with Gasteiger partial charge in [0.25, 0.3) is 0 Å². The number of sulfonamides is 1. The van der Waals surface area contributed by atoms with E-state index in [-0.39, 0.29) is 10.9 Å². The standard InChI is InChI=1S/C12H14FNO3S/c1-9-2-5-11(8-15)14(9)18(16,17)12-6-3-10(13)4-7-12/h3-4,6-9,11H,2,5H2,1H3. The van der Waals surface area contributed by atoms with E-state index < -0.39 is 21.9 Å². The van der Waals surface area contributed by atoms with Crippen LogP contribution in [0.4, 0.5) is 4.39 Å². The molecule has 2 atom stereocenters. The molecule has 0 radical (unpaired) electrons. The quantitative estimate of drug-likeness (QED) is 0.784. The van der Waals surface area contributed by atoms with Gasteiger partial charge in [-0.05, 0) is 44.0 Å². The van der Waals surface area contributed by atoms with Gasteiger partial charge in [0.05, 0.1) is 10.9 Å². The van der Waals surface area contributed by atoms with E-state index in [0.717, 1.165) is 12.1 Å². The van der Waals surface area contributed by atoms with Gasteiger partial charge >= 0.3 is 0 Å². The van der Waals surface area contributed by atoms with Crippen LogP contribution >= 0.6 is 0 Å². The zero-order valence-electron chi connectivity index (χ0n) is 9.91. The van der Waals surface area contributed by atoms with Crippen LogP contribution in [-0.4, -0.2) is 31.1 Å².